The third-order valence-corrected chi connectivity index (χ3v) is 9.12. The monoisotopic (exact) mass is 606 g/mol. The van der Waals surface area contributed by atoms with E-state index in [-0.39, 0.29) is 6.42 Å². The molecule has 220 valence electrons. The number of halogens is 1. The molecule has 5 aromatic rings. The maximum absolute atomic E-state index is 11.3. The molecule has 0 saturated heterocycles. The molecule has 0 aliphatic rings. The van der Waals surface area contributed by atoms with Gasteiger partial charge in [-0.2, -0.15) is 5.10 Å². The van der Waals surface area contributed by atoms with E-state index in [0.29, 0.717) is 45.5 Å². The van der Waals surface area contributed by atoms with Crippen LogP contribution in [0.2, 0.25) is 30.7 Å². The minimum Gasteiger partial charge on any atom is -0.481 e. The van der Waals surface area contributed by atoms with Gasteiger partial charge in [0.15, 0.2) is 0 Å². The van der Waals surface area contributed by atoms with Crippen LogP contribution in [0.4, 0.5) is 0 Å². The molecule has 0 aliphatic heterocycles. The van der Waals surface area contributed by atoms with Crippen molar-refractivity contribution in [3.63, 3.8) is 0 Å². The van der Waals surface area contributed by atoms with Crippen LogP contribution in [0.25, 0.3) is 33.3 Å². The number of ether oxygens (including phenoxy) is 2. The first-order valence-corrected chi connectivity index (χ1v) is 17.8. The van der Waals surface area contributed by atoms with E-state index < -0.39 is 19.6 Å². The highest BCUT2D eigenvalue weighted by Crippen LogP contribution is 2.36. The van der Waals surface area contributed by atoms with E-state index in [1.807, 2.05) is 49.6 Å². The van der Waals surface area contributed by atoms with Crippen molar-refractivity contribution in [3.05, 3.63) is 59.8 Å². The molecule has 0 saturated carbocycles. The van der Waals surface area contributed by atoms with E-state index in [1.165, 1.54) is 0 Å². The van der Waals surface area contributed by atoms with E-state index in [2.05, 4.69) is 34.7 Å². The number of aromatic nitrogens is 6. The van der Waals surface area contributed by atoms with Crippen molar-refractivity contribution >= 4 is 47.7 Å². The molecule has 0 unspecified atom stereocenters. The number of carbonyl (C=O) groups is 1. The first-order valence-electron chi connectivity index (χ1n) is 13.8. The van der Waals surface area contributed by atoms with Gasteiger partial charge in [-0.25, -0.2) is 9.97 Å². The Hall–Kier alpha value is -3.80. The van der Waals surface area contributed by atoms with Gasteiger partial charge in [0.2, 0.25) is 0 Å². The van der Waals surface area contributed by atoms with E-state index in [0.717, 1.165) is 29.5 Å². The minimum absolute atomic E-state index is 0.0676. The minimum atomic E-state index is -1.17. The van der Waals surface area contributed by atoms with Crippen molar-refractivity contribution in [2.24, 2.45) is 0 Å². The van der Waals surface area contributed by atoms with E-state index in [1.54, 1.807) is 29.3 Å². The van der Waals surface area contributed by atoms with Gasteiger partial charge >= 0.3 is 5.97 Å². The Balaban J connectivity index is 1.40. The summed E-state index contributed by atoms with van der Waals surface area (Å²) in [7, 11) is -1.17. The van der Waals surface area contributed by atoms with Crippen LogP contribution in [0.5, 0.6) is 11.5 Å². The number of hydrogen-bond donors (Lipinski definition) is 1. The molecular weight excluding hydrogens is 572 g/mol. The second-order valence-corrected chi connectivity index (χ2v) is 18.2. The van der Waals surface area contributed by atoms with E-state index >= 15 is 0 Å². The molecule has 1 N–H and O–H groups in total. The van der Waals surface area contributed by atoms with Crippen molar-refractivity contribution in [1.29, 1.82) is 0 Å². The number of carboxylic acid groups (broad SMARTS) is 1. The fourth-order valence-corrected chi connectivity index (χ4v) is 5.59. The molecule has 0 fully saturated rings. The number of hydrogen-bond acceptors (Lipinski definition) is 7. The maximum atomic E-state index is 11.3. The van der Waals surface area contributed by atoms with Crippen molar-refractivity contribution in [2.45, 2.75) is 65.1 Å². The van der Waals surface area contributed by atoms with Gasteiger partial charge in [-0.3, -0.25) is 14.5 Å². The zero-order valence-corrected chi connectivity index (χ0v) is 26.4. The molecule has 5 rings (SSSR count). The van der Waals surface area contributed by atoms with Crippen LogP contribution < -0.4 is 4.74 Å². The average molecular weight is 607 g/mol. The number of carboxylic acids is 1. The van der Waals surface area contributed by atoms with Gasteiger partial charge in [0, 0.05) is 32.5 Å². The highest BCUT2D eigenvalue weighted by molar-refractivity contribution is 6.76. The second kappa shape index (κ2) is 11.5. The van der Waals surface area contributed by atoms with Crippen molar-refractivity contribution in [1.82, 2.24) is 29.3 Å². The molecule has 42 heavy (non-hydrogen) atoms. The highest BCUT2D eigenvalue weighted by atomic mass is 35.5. The van der Waals surface area contributed by atoms with Gasteiger partial charge in [0.1, 0.15) is 34.6 Å². The Bertz CT molecular complexity index is 1780. The van der Waals surface area contributed by atoms with Crippen LogP contribution in [0.15, 0.2) is 48.9 Å². The Morgan fingerprint density at radius 3 is 2.60 bits per heavy atom. The summed E-state index contributed by atoms with van der Waals surface area (Å²) in [6, 6.07) is 10.4. The highest BCUT2D eigenvalue weighted by Gasteiger charge is 2.25. The Morgan fingerprint density at radius 1 is 1.10 bits per heavy atom. The summed E-state index contributed by atoms with van der Waals surface area (Å²) in [4.78, 5) is 25.2. The zero-order valence-electron chi connectivity index (χ0n) is 24.7. The van der Waals surface area contributed by atoms with Crippen molar-refractivity contribution in [3.8, 4) is 22.8 Å². The number of aryl methyl sites for hydroxylation is 1. The number of aliphatic carboxylic acids is 1. The summed E-state index contributed by atoms with van der Waals surface area (Å²) in [5.74, 6) is 1.03. The lowest BCUT2D eigenvalue weighted by molar-refractivity contribution is -0.139. The molecule has 0 spiro atoms. The number of imidazole rings is 1. The topological polar surface area (TPSA) is 117 Å². The quantitative estimate of drug-likeness (QED) is 0.125. The lowest BCUT2D eigenvalue weighted by atomic mass is 10.0. The summed E-state index contributed by atoms with van der Waals surface area (Å²) >= 11 is 6.81. The van der Waals surface area contributed by atoms with Gasteiger partial charge in [0.05, 0.1) is 46.6 Å². The Kier molecular flexibility index (Phi) is 8.10. The Labute approximate surface area is 250 Å². The average Bonchev–Trinajstić information content (AvgIpc) is 3.52. The molecule has 0 amide bonds. The SMILES string of the molecule is Cc1nc2ccc(Oc3ccc4ncc(-c5cnn(C(C)(C)CC(=O)O)c5)nc4c3Cl)cc2n1COCC[Si](C)(C)C. The standard InChI is InChI=1S/C30H35ClN6O4Si/c1-19-34-22-8-7-21(13-25(22)36(19)18-40-11-12-42(4,5)6)41-26-10-9-23-29(28(26)31)35-24(16-32-23)20-15-33-37(17-20)30(2,3)14-27(38)39/h7-10,13,15-17H,11-12,14,18H2,1-6H3,(H,38,39). The molecule has 0 atom stereocenters. The van der Waals surface area contributed by atoms with Gasteiger partial charge in [0.25, 0.3) is 0 Å². The zero-order chi connectivity index (χ0) is 30.2. The van der Waals surface area contributed by atoms with Crippen molar-refractivity contribution in [2.75, 3.05) is 6.61 Å². The first kappa shape index (κ1) is 29.7. The predicted octanol–water partition coefficient (Wildman–Crippen LogP) is 7.12. The largest absolute Gasteiger partial charge is 0.481 e. The van der Waals surface area contributed by atoms with Gasteiger partial charge in [-0.15, -0.1) is 0 Å². The maximum Gasteiger partial charge on any atom is 0.305 e. The van der Waals surface area contributed by atoms with Crippen LogP contribution in [0.1, 0.15) is 26.1 Å². The fourth-order valence-electron chi connectivity index (χ4n) is 4.59. The van der Waals surface area contributed by atoms with Gasteiger partial charge < -0.3 is 19.1 Å². The van der Waals surface area contributed by atoms with Gasteiger partial charge in [-0.05, 0) is 51.1 Å². The molecule has 12 heteroatoms. The summed E-state index contributed by atoms with van der Waals surface area (Å²) < 4.78 is 15.9. The second-order valence-electron chi connectivity index (χ2n) is 12.2. The lowest BCUT2D eigenvalue weighted by Gasteiger charge is -2.22. The molecule has 0 bridgehead atoms. The summed E-state index contributed by atoms with van der Waals surface area (Å²) in [6.07, 6.45) is 4.99. The molecule has 0 aliphatic carbocycles. The smallest absolute Gasteiger partial charge is 0.305 e. The van der Waals surface area contributed by atoms with Crippen molar-refractivity contribution < 1.29 is 19.4 Å². The lowest BCUT2D eigenvalue weighted by Crippen LogP contribution is -2.29. The number of rotatable bonds is 11. The molecule has 3 aromatic heterocycles. The third-order valence-electron chi connectivity index (χ3n) is 7.06. The fraction of sp³-hybridized carbons (Fsp3) is 0.367. The summed E-state index contributed by atoms with van der Waals surface area (Å²) in [5.41, 5.74) is 3.44. The van der Waals surface area contributed by atoms with Gasteiger partial charge in [-0.1, -0.05) is 31.2 Å². The van der Waals surface area contributed by atoms with Crippen LogP contribution in [0.3, 0.4) is 0 Å². The molecule has 3 heterocycles. The third kappa shape index (κ3) is 6.48. The normalized spacial score (nSPS) is 12.4. The first-order chi connectivity index (χ1) is 19.8. The van der Waals surface area contributed by atoms with Crippen LogP contribution >= 0.6 is 11.6 Å². The molecule has 2 aromatic carbocycles. The molecule has 10 nitrogen and oxygen atoms in total. The van der Waals surface area contributed by atoms with Crippen LogP contribution in [-0.4, -0.2) is 55.1 Å². The van der Waals surface area contributed by atoms with Crippen LogP contribution in [-0.2, 0) is 21.8 Å². The number of benzene rings is 2. The summed E-state index contributed by atoms with van der Waals surface area (Å²) in [6.45, 7) is 13.8. The number of nitrogens with zero attached hydrogens (tertiary/aromatic N) is 6. The van der Waals surface area contributed by atoms with Crippen LogP contribution in [0, 0.1) is 6.92 Å². The predicted molar refractivity (Wildman–Crippen MR) is 166 cm³/mol. The van der Waals surface area contributed by atoms with E-state index in [4.69, 9.17) is 26.1 Å². The number of fused-ring (bicyclic) bond motifs is 2. The Morgan fingerprint density at radius 2 is 1.86 bits per heavy atom. The molecular formula is C30H35ClN6O4Si. The summed E-state index contributed by atoms with van der Waals surface area (Å²) in [5, 5.41) is 14.0. The molecule has 0 radical (unpaired) electrons. The van der Waals surface area contributed by atoms with E-state index in [9.17, 15) is 9.90 Å².